The summed E-state index contributed by atoms with van der Waals surface area (Å²) < 4.78 is 4.67. The Balaban J connectivity index is -0.000000384. The minimum Gasteiger partial charge on any atom is -0.508 e. The summed E-state index contributed by atoms with van der Waals surface area (Å²) in [7, 11) is 3.66. The van der Waals surface area contributed by atoms with Gasteiger partial charge in [0.05, 0.1) is 13.2 Å². The van der Waals surface area contributed by atoms with Crippen LogP contribution >= 0.6 is 0 Å². The highest BCUT2D eigenvalue weighted by Crippen LogP contribution is 2.31. The minimum atomic E-state index is -0.164. The first-order valence-electron chi connectivity index (χ1n) is 9.57. The Kier molecular flexibility index (Phi) is 22.2. The molecule has 1 rings (SSSR count). The molecule has 0 aliphatic carbocycles. The maximum Gasteiger partial charge on any atom is 0.320 e. The topological polar surface area (TPSA) is 87.1 Å². The number of hydrogen-bond donors (Lipinski definition) is 2. The molecule has 2 N–H and O–H groups in total. The molecule has 6 heteroatoms. The SMILES string of the molecule is CC.CC.CC(CCC=O)c1ccc(O)cc1O.CCOC(=O)CN(C)C. The molecule has 0 fully saturated rings. The molecule has 0 saturated carbocycles. The van der Waals surface area contributed by atoms with E-state index in [0.717, 1.165) is 11.8 Å². The van der Waals surface area contributed by atoms with E-state index in [1.54, 1.807) is 17.9 Å². The molecule has 0 radical (unpaired) electrons. The smallest absolute Gasteiger partial charge is 0.320 e. The van der Waals surface area contributed by atoms with Crippen LogP contribution in [0.2, 0.25) is 0 Å². The number of carbonyl (C=O) groups is 2. The zero-order chi connectivity index (χ0) is 21.8. The molecule has 0 amide bonds. The molecule has 0 aromatic heterocycles. The zero-order valence-corrected chi connectivity index (χ0v) is 18.3. The molecule has 27 heavy (non-hydrogen) atoms. The highest BCUT2D eigenvalue weighted by atomic mass is 16.5. The standard InChI is InChI=1S/C11H14O3.C6H13NO2.2C2H6/c1-8(3-2-6-12)10-5-4-9(13)7-11(10)14;1-4-9-6(8)5-7(2)3;2*1-2/h4-8,13-14H,2-3H2,1H3;4-5H2,1-3H3;2*1-2H3. The van der Waals surface area contributed by atoms with Gasteiger partial charge in [-0.05, 0) is 45.0 Å². The lowest BCUT2D eigenvalue weighted by atomic mass is 9.95. The second-order valence-corrected chi connectivity index (χ2v) is 5.43. The number of ether oxygens (including phenoxy) is 1. The predicted octanol–water partition coefficient (Wildman–Crippen LogP) is 4.34. The van der Waals surface area contributed by atoms with Crippen LogP contribution in [-0.2, 0) is 14.3 Å². The maximum atomic E-state index is 10.6. The fourth-order valence-corrected chi connectivity index (χ4v) is 1.89. The summed E-state index contributed by atoms with van der Waals surface area (Å²) in [6.07, 6.45) is 2.07. The Morgan fingerprint density at radius 1 is 1.19 bits per heavy atom. The second kappa shape index (κ2) is 20.2. The van der Waals surface area contributed by atoms with Gasteiger partial charge in [0.15, 0.2) is 0 Å². The molecule has 0 bridgehead atoms. The average molecular weight is 386 g/mol. The van der Waals surface area contributed by atoms with Crippen LogP contribution in [0.15, 0.2) is 18.2 Å². The van der Waals surface area contributed by atoms with Crippen LogP contribution in [-0.4, -0.2) is 54.6 Å². The van der Waals surface area contributed by atoms with Crippen LogP contribution in [0.25, 0.3) is 0 Å². The average Bonchev–Trinajstić information content (AvgIpc) is 2.63. The summed E-state index contributed by atoms with van der Waals surface area (Å²) in [6, 6.07) is 4.53. The summed E-state index contributed by atoms with van der Waals surface area (Å²) in [4.78, 5) is 22.5. The molecule has 6 nitrogen and oxygen atoms in total. The third-order valence-corrected chi connectivity index (χ3v) is 3.01. The molecular weight excluding hydrogens is 346 g/mol. The van der Waals surface area contributed by atoms with Crippen molar-refractivity contribution in [1.82, 2.24) is 4.90 Å². The number of esters is 1. The van der Waals surface area contributed by atoms with Crippen LogP contribution in [0.3, 0.4) is 0 Å². The lowest BCUT2D eigenvalue weighted by molar-refractivity contribution is -0.143. The third-order valence-electron chi connectivity index (χ3n) is 3.01. The third kappa shape index (κ3) is 17.1. The summed E-state index contributed by atoms with van der Waals surface area (Å²) in [6.45, 7) is 12.6. The van der Waals surface area contributed by atoms with E-state index in [4.69, 9.17) is 5.11 Å². The summed E-state index contributed by atoms with van der Waals surface area (Å²) in [5.41, 5.74) is 0.768. The monoisotopic (exact) mass is 385 g/mol. The van der Waals surface area contributed by atoms with Crippen LogP contribution in [0.1, 0.15) is 65.9 Å². The molecule has 1 aromatic carbocycles. The van der Waals surface area contributed by atoms with Crippen molar-refractivity contribution < 1.29 is 24.5 Å². The van der Waals surface area contributed by atoms with Crippen LogP contribution in [0.4, 0.5) is 0 Å². The van der Waals surface area contributed by atoms with E-state index >= 15 is 0 Å². The highest BCUT2D eigenvalue weighted by Gasteiger charge is 2.10. The normalized spacial score (nSPS) is 10.1. The summed E-state index contributed by atoms with van der Waals surface area (Å²) in [5.74, 6) is 0.0977. The first-order valence-corrected chi connectivity index (χ1v) is 9.57. The summed E-state index contributed by atoms with van der Waals surface area (Å²) >= 11 is 0. The Bertz CT molecular complexity index is 489. The van der Waals surface area contributed by atoms with Crippen molar-refractivity contribution in [1.29, 1.82) is 0 Å². The van der Waals surface area contributed by atoms with Gasteiger partial charge in [-0.2, -0.15) is 0 Å². The molecule has 0 aliphatic heterocycles. The van der Waals surface area contributed by atoms with Gasteiger partial charge < -0.3 is 19.7 Å². The van der Waals surface area contributed by atoms with Crippen LogP contribution in [0, 0.1) is 0 Å². The highest BCUT2D eigenvalue weighted by molar-refractivity contribution is 5.71. The number of rotatable bonds is 7. The number of phenolic OH excluding ortho intramolecular Hbond substituents is 2. The van der Waals surface area contributed by atoms with E-state index in [1.165, 1.54) is 12.1 Å². The van der Waals surface area contributed by atoms with E-state index in [-0.39, 0.29) is 23.4 Å². The van der Waals surface area contributed by atoms with Gasteiger partial charge in [0.25, 0.3) is 0 Å². The molecule has 1 aromatic rings. The second-order valence-electron chi connectivity index (χ2n) is 5.43. The molecule has 1 atom stereocenters. The number of aromatic hydroxyl groups is 2. The van der Waals surface area contributed by atoms with Crippen molar-refractivity contribution in [2.45, 2.75) is 60.3 Å². The molecule has 0 heterocycles. The van der Waals surface area contributed by atoms with Crippen molar-refractivity contribution in [3.63, 3.8) is 0 Å². The quantitative estimate of drug-likeness (QED) is 0.536. The van der Waals surface area contributed by atoms with Crippen molar-refractivity contribution in [3.05, 3.63) is 23.8 Å². The molecule has 0 saturated heterocycles. The van der Waals surface area contributed by atoms with Gasteiger partial charge in [0.1, 0.15) is 17.8 Å². The Hall–Kier alpha value is -2.08. The van der Waals surface area contributed by atoms with Gasteiger partial charge >= 0.3 is 5.97 Å². The molecule has 0 spiro atoms. The maximum absolute atomic E-state index is 10.6. The van der Waals surface area contributed by atoms with Crippen LogP contribution in [0.5, 0.6) is 11.5 Å². The van der Waals surface area contributed by atoms with Gasteiger partial charge in [0.2, 0.25) is 0 Å². The largest absolute Gasteiger partial charge is 0.508 e. The number of nitrogens with zero attached hydrogens (tertiary/aromatic N) is 1. The van der Waals surface area contributed by atoms with E-state index < -0.39 is 0 Å². The van der Waals surface area contributed by atoms with Crippen molar-refractivity contribution in [2.75, 3.05) is 27.2 Å². The Morgan fingerprint density at radius 3 is 2.15 bits per heavy atom. The Morgan fingerprint density at radius 2 is 1.74 bits per heavy atom. The first-order chi connectivity index (χ1) is 12.8. The fourth-order valence-electron chi connectivity index (χ4n) is 1.89. The van der Waals surface area contributed by atoms with Crippen LogP contribution < -0.4 is 0 Å². The van der Waals surface area contributed by atoms with E-state index in [9.17, 15) is 14.7 Å². The minimum absolute atomic E-state index is 0.0498. The number of benzene rings is 1. The fraction of sp³-hybridized carbons (Fsp3) is 0.619. The van der Waals surface area contributed by atoms with Gasteiger partial charge in [0, 0.05) is 12.5 Å². The number of carbonyl (C=O) groups excluding carboxylic acids is 2. The van der Waals surface area contributed by atoms with Crippen molar-refractivity contribution in [3.8, 4) is 11.5 Å². The Labute approximate surface area is 165 Å². The number of hydrogen-bond acceptors (Lipinski definition) is 6. The van der Waals surface area contributed by atoms with Gasteiger partial charge in [-0.1, -0.05) is 40.7 Å². The first kappa shape index (κ1) is 29.7. The summed E-state index contributed by atoms with van der Waals surface area (Å²) in [5, 5.41) is 18.6. The molecular formula is C21H39NO5. The van der Waals surface area contributed by atoms with Gasteiger partial charge in [-0.3, -0.25) is 9.69 Å². The number of phenols is 2. The van der Waals surface area contributed by atoms with E-state index in [0.29, 0.717) is 26.0 Å². The van der Waals surface area contributed by atoms with E-state index in [2.05, 4.69) is 4.74 Å². The van der Waals surface area contributed by atoms with Crippen molar-refractivity contribution in [2.24, 2.45) is 0 Å². The number of aldehydes is 1. The lowest BCUT2D eigenvalue weighted by Crippen LogP contribution is -2.23. The van der Waals surface area contributed by atoms with E-state index in [1.807, 2.05) is 48.7 Å². The predicted molar refractivity (Wildman–Crippen MR) is 111 cm³/mol. The molecule has 1 unspecified atom stereocenters. The number of likely N-dealkylation sites (N-methyl/N-ethyl adjacent to an activating group) is 1. The van der Waals surface area contributed by atoms with Gasteiger partial charge in [-0.25, -0.2) is 0 Å². The lowest BCUT2D eigenvalue weighted by Gasteiger charge is -2.11. The molecule has 0 aliphatic rings. The molecule has 158 valence electrons. The van der Waals surface area contributed by atoms with Crippen molar-refractivity contribution >= 4 is 12.3 Å². The van der Waals surface area contributed by atoms with Gasteiger partial charge in [-0.15, -0.1) is 0 Å². The zero-order valence-electron chi connectivity index (χ0n) is 18.3.